The van der Waals surface area contributed by atoms with E-state index >= 15 is 0 Å². The standard InChI is InChI=1S/C20H24ClN7O2/c1-5-12(2)28-8-13(16(10-28)29-4)11-30-19-17-15(21)7-22-18(17)25-20(26-19)24-14-6-23-27(3)9-14/h5-7,9,13,16H,1-2,8,10-11H2,3-4H3,(H2,22,24,25,26)/t13-,16+/m0/s1. The number of aryl methyl sites for hydroxylation is 1. The smallest absolute Gasteiger partial charge is 0.232 e. The van der Waals surface area contributed by atoms with Gasteiger partial charge in [0.25, 0.3) is 0 Å². The number of nitrogens with zero attached hydrogens (tertiary/aromatic N) is 5. The summed E-state index contributed by atoms with van der Waals surface area (Å²) in [6, 6.07) is 0. The van der Waals surface area contributed by atoms with Gasteiger partial charge in [0.15, 0.2) is 0 Å². The number of halogens is 1. The number of hydrogen-bond acceptors (Lipinski definition) is 7. The number of likely N-dealkylation sites (tertiary alicyclic amines) is 1. The molecule has 0 aromatic carbocycles. The average molecular weight is 430 g/mol. The second kappa shape index (κ2) is 8.37. The Morgan fingerprint density at radius 3 is 2.97 bits per heavy atom. The Balaban J connectivity index is 1.56. The van der Waals surface area contributed by atoms with Gasteiger partial charge in [0.2, 0.25) is 11.8 Å². The van der Waals surface area contributed by atoms with Crippen LogP contribution in [-0.4, -0.2) is 62.5 Å². The van der Waals surface area contributed by atoms with E-state index in [1.165, 1.54) is 0 Å². The summed E-state index contributed by atoms with van der Waals surface area (Å²) < 4.78 is 13.5. The van der Waals surface area contributed by atoms with E-state index in [1.807, 2.05) is 13.2 Å². The fourth-order valence-electron chi connectivity index (χ4n) is 3.56. The Labute approximate surface area is 179 Å². The number of rotatable bonds is 8. The van der Waals surface area contributed by atoms with Crippen molar-refractivity contribution in [1.82, 2.24) is 29.6 Å². The molecule has 0 aliphatic carbocycles. The van der Waals surface area contributed by atoms with E-state index in [1.54, 1.807) is 30.3 Å². The van der Waals surface area contributed by atoms with E-state index < -0.39 is 0 Å². The molecule has 1 fully saturated rings. The second-order valence-electron chi connectivity index (χ2n) is 7.19. The number of aromatic nitrogens is 5. The predicted molar refractivity (Wildman–Crippen MR) is 116 cm³/mol. The van der Waals surface area contributed by atoms with Crippen molar-refractivity contribution in [2.45, 2.75) is 6.10 Å². The first-order valence-electron chi connectivity index (χ1n) is 9.50. The zero-order chi connectivity index (χ0) is 21.3. The molecule has 2 N–H and O–H groups in total. The van der Waals surface area contributed by atoms with Gasteiger partial charge in [-0.25, -0.2) is 0 Å². The Morgan fingerprint density at radius 2 is 2.27 bits per heavy atom. The molecule has 0 bridgehead atoms. The summed E-state index contributed by atoms with van der Waals surface area (Å²) in [5, 5.41) is 8.43. The quantitative estimate of drug-likeness (QED) is 0.531. The van der Waals surface area contributed by atoms with Crippen molar-refractivity contribution < 1.29 is 9.47 Å². The number of allylic oxidation sites excluding steroid dienone is 1. The van der Waals surface area contributed by atoms with E-state index in [9.17, 15) is 0 Å². The summed E-state index contributed by atoms with van der Waals surface area (Å²) in [6.07, 6.45) is 6.97. The van der Waals surface area contributed by atoms with Crippen LogP contribution in [0.15, 0.2) is 43.5 Å². The van der Waals surface area contributed by atoms with Gasteiger partial charge in [-0.3, -0.25) is 4.68 Å². The van der Waals surface area contributed by atoms with Crippen molar-refractivity contribution in [3.8, 4) is 5.88 Å². The summed E-state index contributed by atoms with van der Waals surface area (Å²) in [5.41, 5.74) is 2.24. The molecule has 0 amide bonds. The van der Waals surface area contributed by atoms with Crippen LogP contribution in [0.1, 0.15) is 0 Å². The number of methoxy groups -OCH3 is 1. The maximum atomic E-state index is 6.35. The largest absolute Gasteiger partial charge is 0.477 e. The average Bonchev–Trinajstić information content (AvgIpc) is 3.44. The maximum Gasteiger partial charge on any atom is 0.232 e. The van der Waals surface area contributed by atoms with Gasteiger partial charge in [0.1, 0.15) is 5.65 Å². The predicted octanol–water partition coefficient (Wildman–Crippen LogP) is 3.11. The monoisotopic (exact) mass is 429 g/mol. The first-order chi connectivity index (χ1) is 14.5. The molecule has 158 valence electrons. The highest BCUT2D eigenvalue weighted by molar-refractivity contribution is 6.35. The third-order valence-corrected chi connectivity index (χ3v) is 5.47. The molecule has 1 aliphatic rings. The topological polar surface area (TPSA) is 93.1 Å². The Kier molecular flexibility index (Phi) is 5.65. The summed E-state index contributed by atoms with van der Waals surface area (Å²) in [7, 11) is 3.55. The SMILES string of the molecule is C=CC(=C)N1C[C@@H](COc2nc(Nc3cnn(C)c3)nc3[nH]cc(Cl)c23)[C@H](OC)C1. The minimum Gasteiger partial charge on any atom is -0.477 e. The molecule has 0 spiro atoms. The summed E-state index contributed by atoms with van der Waals surface area (Å²) in [5.74, 6) is 0.943. The van der Waals surface area contributed by atoms with Gasteiger partial charge in [0.05, 0.1) is 35.0 Å². The Bertz CT molecular complexity index is 1080. The molecular weight excluding hydrogens is 406 g/mol. The first kappa shape index (κ1) is 20.2. The number of aromatic amines is 1. The summed E-state index contributed by atoms with van der Waals surface area (Å²) in [4.78, 5) is 14.2. The van der Waals surface area contributed by atoms with Crippen molar-refractivity contribution in [3.05, 3.63) is 48.5 Å². The number of hydrogen-bond donors (Lipinski definition) is 2. The molecule has 3 aromatic rings. The highest BCUT2D eigenvalue weighted by Gasteiger charge is 2.34. The van der Waals surface area contributed by atoms with Crippen LogP contribution in [0.4, 0.5) is 11.6 Å². The molecule has 1 saturated heterocycles. The van der Waals surface area contributed by atoms with E-state index in [0.29, 0.717) is 34.5 Å². The molecule has 1 aliphatic heterocycles. The van der Waals surface area contributed by atoms with Gasteiger partial charge in [-0.1, -0.05) is 24.8 Å². The van der Waals surface area contributed by atoms with Gasteiger partial charge in [-0.05, 0) is 6.08 Å². The Morgan fingerprint density at radius 1 is 1.43 bits per heavy atom. The van der Waals surface area contributed by atoms with Crippen molar-refractivity contribution in [3.63, 3.8) is 0 Å². The van der Waals surface area contributed by atoms with Crippen molar-refractivity contribution in [2.24, 2.45) is 13.0 Å². The van der Waals surface area contributed by atoms with E-state index in [4.69, 9.17) is 21.1 Å². The Hall–Kier alpha value is -3.04. The van der Waals surface area contributed by atoms with Crippen LogP contribution < -0.4 is 10.1 Å². The number of ether oxygens (including phenoxy) is 2. The third-order valence-electron chi connectivity index (χ3n) is 5.17. The molecule has 2 atom stereocenters. The number of fused-ring (bicyclic) bond motifs is 1. The molecule has 9 nitrogen and oxygen atoms in total. The number of anilines is 2. The van der Waals surface area contributed by atoms with Crippen LogP contribution >= 0.6 is 11.6 Å². The van der Waals surface area contributed by atoms with Gasteiger partial charge in [-0.2, -0.15) is 15.1 Å². The molecule has 0 unspecified atom stereocenters. The van der Waals surface area contributed by atoms with Crippen LogP contribution in [0, 0.1) is 5.92 Å². The minimum absolute atomic E-state index is 0.0220. The van der Waals surface area contributed by atoms with Crippen LogP contribution in [-0.2, 0) is 11.8 Å². The molecule has 0 radical (unpaired) electrons. The molecule has 10 heteroatoms. The lowest BCUT2D eigenvalue weighted by atomic mass is 10.1. The maximum absolute atomic E-state index is 6.35. The van der Waals surface area contributed by atoms with Crippen LogP contribution in [0.25, 0.3) is 11.0 Å². The fraction of sp³-hybridized carbons (Fsp3) is 0.350. The van der Waals surface area contributed by atoms with Gasteiger partial charge in [-0.15, -0.1) is 0 Å². The van der Waals surface area contributed by atoms with Crippen LogP contribution in [0.2, 0.25) is 5.02 Å². The van der Waals surface area contributed by atoms with Gasteiger partial charge in [0, 0.05) is 51.3 Å². The third kappa shape index (κ3) is 3.99. The second-order valence-corrected chi connectivity index (χ2v) is 7.59. The van der Waals surface area contributed by atoms with E-state index in [2.05, 4.69) is 43.4 Å². The molecule has 30 heavy (non-hydrogen) atoms. The highest BCUT2D eigenvalue weighted by Crippen LogP contribution is 2.32. The van der Waals surface area contributed by atoms with Crippen molar-refractivity contribution in [2.75, 3.05) is 32.1 Å². The van der Waals surface area contributed by atoms with Gasteiger partial charge < -0.3 is 24.7 Å². The highest BCUT2D eigenvalue weighted by atomic mass is 35.5. The van der Waals surface area contributed by atoms with Crippen molar-refractivity contribution in [1.29, 1.82) is 0 Å². The number of H-pyrrole nitrogens is 1. The molecular formula is C20H24ClN7O2. The lowest BCUT2D eigenvalue weighted by Gasteiger charge is -2.18. The van der Waals surface area contributed by atoms with Crippen LogP contribution in [0.3, 0.4) is 0 Å². The summed E-state index contributed by atoms with van der Waals surface area (Å²) in [6.45, 7) is 9.75. The first-order valence-corrected chi connectivity index (χ1v) is 9.88. The van der Waals surface area contributed by atoms with Gasteiger partial charge >= 0.3 is 0 Å². The fourth-order valence-corrected chi connectivity index (χ4v) is 3.78. The minimum atomic E-state index is 0.0220. The lowest BCUT2D eigenvalue weighted by molar-refractivity contribution is 0.0607. The number of nitrogens with one attached hydrogen (secondary N) is 2. The van der Waals surface area contributed by atoms with Crippen molar-refractivity contribution >= 4 is 34.3 Å². The molecule has 4 heterocycles. The summed E-state index contributed by atoms with van der Waals surface area (Å²) >= 11 is 6.35. The van der Waals surface area contributed by atoms with E-state index in [-0.39, 0.29) is 12.0 Å². The zero-order valence-electron chi connectivity index (χ0n) is 16.9. The lowest BCUT2D eigenvalue weighted by Crippen LogP contribution is -2.26. The normalized spacial score (nSPS) is 18.7. The van der Waals surface area contributed by atoms with E-state index in [0.717, 1.165) is 24.5 Å². The molecule has 0 saturated carbocycles. The van der Waals surface area contributed by atoms with Crippen LogP contribution in [0.5, 0.6) is 5.88 Å². The molecule has 3 aromatic heterocycles. The zero-order valence-corrected chi connectivity index (χ0v) is 17.7. The molecule has 4 rings (SSSR count).